The highest BCUT2D eigenvalue weighted by Gasteiger charge is 2.40. The molecule has 0 unspecified atom stereocenters. The van der Waals surface area contributed by atoms with Crippen molar-refractivity contribution in [1.29, 1.82) is 0 Å². The Bertz CT molecular complexity index is 842. The number of amides is 1. The van der Waals surface area contributed by atoms with Crippen LogP contribution in [0.2, 0.25) is 0 Å². The minimum Gasteiger partial charge on any atom is -0.396 e. The fourth-order valence-corrected chi connectivity index (χ4v) is 5.08. The zero-order valence-electron chi connectivity index (χ0n) is 19.9. The van der Waals surface area contributed by atoms with Crippen LogP contribution in [0.25, 0.3) is 5.70 Å². The van der Waals surface area contributed by atoms with Gasteiger partial charge in [-0.3, -0.25) is 9.79 Å². The topological polar surface area (TPSA) is 96.8 Å². The molecule has 3 rings (SSSR count). The number of nitrogens with one attached hydrogen (secondary N) is 1. The van der Waals surface area contributed by atoms with E-state index in [0.29, 0.717) is 36.0 Å². The Balaban J connectivity index is 1.61. The van der Waals surface area contributed by atoms with Gasteiger partial charge in [-0.05, 0) is 69.7 Å². The Hall–Kier alpha value is -1.86. The SMILES string of the molecule is CN=C(Cl)/C(C(=O)N1CCC2(CCC(NCCC(C)C)CC2)CC1)=C(\N)c1cc(C)on1. The molecule has 8 heteroatoms. The molecule has 1 saturated carbocycles. The van der Waals surface area contributed by atoms with Gasteiger partial charge >= 0.3 is 0 Å². The van der Waals surface area contributed by atoms with E-state index in [1.54, 1.807) is 20.0 Å². The van der Waals surface area contributed by atoms with Gasteiger partial charge in [0.05, 0.1) is 5.70 Å². The van der Waals surface area contributed by atoms with Crippen molar-refractivity contribution in [2.45, 2.75) is 71.8 Å². The van der Waals surface area contributed by atoms with E-state index in [2.05, 4.69) is 29.3 Å². The van der Waals surface area contributed by atoms with Gasteiger partial charge in [0.2, 0.25) is 0 Å². The monoisotopic (exact) mass is 463 g/mol. The third-order valence-corrected chi connectivity index (χ3v) is 7.46. The van der Waals surface area contributed by atoms with E-state index in [-0.39, 0.29) is 22.3 Å². The van der Waals surface area contributed by atoms with Crippen molar-refractivity contribution < 1.29 is 9.32 Å². The molecule has 2 aliphatic rings. The molecule has 1 saturated heterocycles. The van der Waals surface area contributed by atoms with Gasteiger partial charge in [-0.25, -0.2) is 0 Å². The van der Waals surface area contributed by atoms with Gasteiger partial charge in [0.25, 0.3) is 5.91 Å². The number of nitrogens with zero attached hydrogens (tertiary/aromatic N) is 3. The van der Waals surface area contributed by atoms with Gasteiger partial charge < -0.3 is 20.5 Å². The standard InChI is InChI=1S/C24H38ClN5O2/c1-16(2)7-12-28-18-5-8-24(9-6-18)10-13-30(14-11-24)23(31)20(22(25)27-4)21(26)19-15-17(3)32-29-19/h15-16,18,28H,5-14,26H2,1-4H3/b21-20+,27-22?. The van der Waals surface area contributed by atoms with Gasteiger partial charge in [0.1, 0.15) is 22.2 Å². The second-order valence-electron chi connectivity index (χ2n) is 9.83. The number of nitrogens with two attached hydrogens (primary N) is 1. The Morgan fingerprint density at radius 3 is 2.53 bits per heavy atom. The second-order valence-corrected chi connectivity index (χ2v) is 10.2. The van der Waals surface area contributed by atoms with Crippen LogP contribution in [0.5, 0.6) is 0 Å². The summed E-state index contributed by atoms with van der Waals surface area (Å²) >= 11 is 6.32. The number of carbonyl (C=O) groups is 1. The van der Waals surface area contributed by atoms with Crippen molar-refractivity contribution in [2.24, 2.45) is 22.1 Å². The second kappa shape index (κ2) is 10.8. The van der Waals surface area contributed by atoms with Gasteiger partial charge in [0, 0.05) is 32.2 Å². The minimum absolute atomic E-state index is 0.0985. The van der Waals surface area contributed by atoms with E-state index in [1.165, 1.54) is 32.1 Å². The van der Waals surface area contributed by atoms with Crippen molar-refractivity contribution in [1.82, 2.24) is 15.4 Å². The summed E-state index contributed by atoms with van der Waals surface area (Å²) in [5.74, 6) is 1.18. The summed E-state index contributed by atoms with van der Waals surface area (Å²) < 4.78 is 5.12. The normalized spacial score (nSPS) is 20.7. The van der Waals surface area contributed by atoms with Gasteiger partial charge in [-0.1, -0.05) is 30.6 Å². The van der Waals surface area contributed by atoms with Crippen molar-refractivity contribution in [3.05, 3.63) is 23.1 Å². The lowest BCUT2D eigenvalue weighted by Gasteiger charge is -2.46. The number of aromatic nitrogens is 1. The van der Waals surface area contributed by atoms with Crippen molar-refractivity contribution in [3.8, 4) is 0 Å². The molecule has 178 valence electrons. The quantitative estimate of drug-likeness (QED) is 0.468. The van der Waals surface area contributed by atoms with Crippen LogP contribution in [0.1, 0.15) is 70.2 Å². The van der Waals surface area contributed by atoms with Crippen molar-refractivity contribution in [2.75, 3.05) is 26.7 Å². The van der Waals surface area contributed by atoms with Crippen LogP contribution in [0.4, 0.5) is 0 Å². The summed E-state index contributed by atoms with van der Waals surface area (Å²) in [7, 11) is 1.55. The molecule has 7 nitrogen and oxygen atoms in total. The molecule has 3 N–H and O–H groups in total. The summed E-state index contributed by atoms with van der Waals surface area (Å²) in [6, 6.07) is 2.33. The first-order valence-corrected chi connectivity index (χ1v) is 12.2. The molecular weight excluding hydrogens is 426 g/mol. The number of hydrogen-bond acceptors (Lipinski definition) is 6. The maximum absolute atomic E-state index is 13.4. The van der Waals surface area contributed by atoms with Crippen LogP contribution in [0, 0.1) is 18.3 Å². The molecule has 0 radical (unpaired) electrons. The molecule has 1 spiro atoms. The van der Waals surface area contributed by atoms with Gasteiger partial charge in [0.15, 0.2) is 0 Å². The van der Waals surface area contributed by atoms with E-state index in [4.69, 9.17) is 21.9 Å². The molecule has 2 fully saturated rings. The first-order valence-electron chi connectivity index (χ1n) is 11.8. The lowest BCUT2D eigenvalue weighted by Crippen LogP contribution is -2.47. The van der Waals surface area contributed by atoms with Crippen LogP contribution < -0.4 is 11.1 Å². The molecule has 0 aromatic carbocycles. The number of aryl methyl sites for hydroxylation is 1. The summed E-state index contributed by atoms with van der Waals surface area (Å²) in [5, 5.41) is 7.78. The maximum atomic E-state index is 13.4. The lowest BCUT2D eigenvalue weighted by molar-refractivity contribution is -0.129. The molecule has 1 aliphatic carbocycles. The average Bonchev–Trinajstić information content (AvgIpc) is 3.21. The van der Waals surface area contributed by atoms with Crippen LogP contribution >= 0.6 is 11.6 Å². The summed E-state index contributed by atoms with van der Waals surface area (Å²) in [6.45, 7) is 8.86. The molecule has 1 aromatic rings. The Labute approximate surface area is 196 Å². The van der Waals surface area contributed by atoms with Crippen LogP contribution in [0.15, 0.2) is 21.2 Å². The zero-order valence-corrected chi connectivity index (χ0v) is 20.7. The van der Waals surface area contributed by atoms with Crippen molar-refractivity contribution >= 4 is 28.4 Å². The predicted molar refractivity (Wildman–Crippen MR) is 130 cm³/mol. The van der Waals surface area contributed by atoms with Gasteiger partial charge in [-0.2, -0.15) is 0 Å². The summed E-state index contributed by atoms with van der Waals surface area (Å²) in [6.07, 6.45) is 8.19. The molecule has 1 amide bonds. The highest BCUT2D eigenvalue weighted by Crippen LogP contribution is 2.45. The first kappa shape index (κ1) is 24.8. The first-order chi connectivity index (χ1) is 15.2. The van der Waals surface area contributed by atoms with Crippen LogP contribution in [-0.2, 0) is 4.79 Å². The fraction of sp³-hybridized carbons (Fsp3) is 0.708. The molecule has 0 bridgehead atoms. The van der Waals surface area contributed by atoms with E-state index < -0.39 is 0 Å². The number of hydrogen-bond donors (Lipinski definition) is 2. The largest absolute Gasteiger partial charge is 0.396 e. The summed E-state index contributed by atoms with van der Waals surface area (Å²) in [5.41, 5.74) is 7.46. The third kappa shape index (κ3) is 5.93. The molecule has 0 atom stereocenters. The Morgan fingerprint density at radius 2 is 2.00 bits per heavy atom. The van der Waals surface area contributed by atoms with E-state index in [1.807, 2.05) is 4.90 Å². The highest BCUT2D eigenvalue weighted by atomic mass is 35.5. The molecule has 1 aliphatic heterocycles. The molecule has 2 heterocycles. The zero-order chi connectivity index (χ0) is 23.3. The molecular formula is C24H38ClN5O2. The Kier molecular flexibility index (Phi) is 8.39. The third-order valence-electron chi connectivity index (χ3n) is 7.10. The van der Waals surface area contributed by atoms with E-state index in [9.17, 15) is 4.79 Å². The predicted octanol–water partition coefficient (Wildman–Crippen LogP) is 4.11. The molecule has 32 heavy (non-hydrogen) atoms. The van der Waals surface area contributed by atoms with E-state index in [0.717, 1.165) is 25.3 Å². The van der Waals surface area contributed by atoms with Crippen molar-refractivity contribution in [3.63, 3.8) is 0 Å². The number of aliphatic imine (C=N–C) groups is 1. The maximum Gasteiger partial charge on any atom is 0.259 e. The van der Waals surface area contributed by atoms with Crippen LogP contribution in [0.3, 0.4) is 0 Å². The lowest BCUT2D eigenvalue weighted by atomic mass is 9.67. The number of halogens is 1. The highest BCUT2D eigenvalue weighted by molar-refractivity contribution is 6.73. The number of piperidine rings is 1. The number of rotatable bonds is 7. The Morgan fingerprint density at radius 1 is 1.34 bits per heavy atom. The molecule has 1 aromatic heterocycles. The summed E-state index contributed by atoms with van der Waals surface area (Å²) in [4.78, 5) is 19.2. The smallest absolute Gasteiger partial charge is 0.259 e. The van der Waals surface area contributed by atoms with Gasteiger partial charge in [-0.15, -0.1) is 0 Å². The average molecular weight is 464 g/mol. The fourth-order valence-electron chi connectivity index (χ4n) is 4.90. The van der Waals surface area contributed by atoms with Crippen LogP contribution in [-0.4, -0.2) is 53.9 Å². The number of carbonyl (C=O) groups excluding carboxylic acids is 1. The van der Waals surface area contributed by atoms with E-state index >= 15 is 0 Å². The minimum atomic E-state index is -0.183. The number of likely N-dealkylation sites (tertiary alicyclic amines) is 1.